The van der Waals surface area contributed by atoms with Crippen LogP contribution >= 0.6 is 11.6 Å². The van der Waals surface area contributed by atoms with Crippen LogP contribution in [0.25, 0.3) is 0 Å². The summed E-state index contributed by atoms with van der Waals surface area (Å²) < 4.78 is 0. The molecule has 0 bridgehead atoms. The van der Waals surface area contributed by atoms with Gasteiger partial charge in [-0.15, -0.1) is 0 Å². The van der Waals surface area contributed by atoms with Gasteiger partial charge in [0.15, 0.2) is 0 Å². The van der Waals surface area contributed by atoms with E-state index in [0.717, 1.165) is 12.4 Å². The number of hydrogen-bond donors (Lipinski definition) is 1. The van der Waals surface area contributed by atoms with E-state index in [9.17, 15) is 0 Å². The van der Waals surface area contributed by atoms with Crippen LogP contribution in [0.5, 0.6) is 0 Å². The molecule has 0 amide bonds. The Morgan fingerprint density at radius 1 is 1.12 bits per heavy atom. The Morgan fingerprint density at radius 2 is 1.88 bits per heavy atom. The summed E-state index contributed by atoms with van der Waals surface area (Å²) in [6, 6.07) is 5.65. The van der Waals surface area contributed by atoms with E-state index in [1.807, 2.05) is 12.1 Å². The maximum Gasteiger partial charge on any atom is 0.131 e. The predicted octanol–water partition coefficient (Wildman–Crippen LogP) is 4.51. The number of aromatic nitrogens is 1. The van der Waals surface area contributed by atoms with E-state index >= 15 is 0 Å². The van der Waals surface area contributed by atoms with Crippen molar-refractivity contribution in [1.82, 2.24) is 4.98 Å². The third-order valence-electron chi connectivity index (χ3n) is 2.55. The lowest BCUT2D eigenvalue weighted by atomic mass is 10.1. The van der Waals surface area contributed by atoms with Gasteiger partial charge in [-0.3, -0.25) is 0 Å². The van der Waals surface area contributed by atoms with Crippen LogP contribution in [0.3, 0.4) is 0 Å². The topological polar surface area (TPSA) is 24.9 Å². The van der Waals surface area contributed by atoms with E-state index in [-0.39, 0.29) is 0 Å². The predicted molar refractivity (Wildman–Crippen MR) is 71.1 cm³/mol. The SMILES string of the molecule is CCCCCCCCNc1cccc(Cl)n1. The molecule has 3 heteroatoms. The second kappa shape index (κ2) is 8.40. The molecule has 0 aliphatic rings. The molecule has 90 valence electrons. The van der Waals surface area contributed by atoms with Gasteiger partial charge < -0.3 is 5.32 Å². The molecule has 0 aromatic carbocycles. The molecule has 0 aliphatic heterocycles. The summed E-state index contributed by atoms with van der Waals surface area (Å²) in [6.07, 6.45) is 7.89. The number of anilines is 1. The summed E-state index contributed by atoms with van der Waals surface area (Å²) in [7, 11) is 0. The highest BCUT2D eigenvalue weighted by molar-refractivity contribution is 6.29. The molecule has 0 fully saturated rings. The van der Waals surface area contributed by atoms with Crippen LogP contribution in [0, 0.1) is 0 Å². The fourth-order valence-electron chi connectivity index (χ4n) is 1.63. The number of hydrogen-bond acceptors (Lipinski definition) is 2. The minimum Gasteiger partial charge on any atom is -0.370 e. The van der Waals surface area contributed by atoms with Crippen molar-refractivity contribution in [3.63, 3.8) is 0 Å². The first-order valence-corrected chi connectivity index (χ1v) is 6.57. The summed E-state index contributed by atoms with van der Waals surface area (Å²) in [5.41, 5.74) is 0. The first-order chi connectivity index (χ1) is 7.83. The molecule has 1 aromatic rings. The monoisotopic (exact) mass is 240 g/mol. The summed E-state index contributed by atoms with van der Waals surface area (Å²) in [5, 5.41) is 3.83. The lowest BCUT2D eigenvalue weighted by Crippen LogP contribution is -2.02. The normalized spacial score (nSPS) is 10.4. The Balaban J connectivity index is 2.03. The highest BCUT2D eigenvalue weighted by atomic mass is 35.5. The van der Waals surface area contributed by atoms with Crippen LogP contribution < -0.4 is 5.32 Å². The van der Waals surface area contributed by atoms with E-state index in [0.29, 0.717) is 5.15 Å². The van der Waals surface area contributed by atoms with Crippen molar-refractivity contribution in [3.05, 3.63) is 23.4 Å². The fourth-order valence-corrected chi connectivity index (χ4v) is 1.79. The summed E-state index contributed by atoms with van der Waals surface area (Å²) in [6.45, 7) is 3.23. The highest BCUT2D eigenvalue weighted by Gasteiger charge is 1.94. The zero-order chi connectivity index (χ0) is 11.6. The lowest BCUT2D eigenvalue weighted by Gasteiger charge is -2.05. The van der Waals surface area contributed by atoms with Gasteiger partial charge in [-0.1, -0.05) is 56.7 Å². The van der Waals surface area contributed by atoms with Crippen LogP contribution in [0.1, 0.15) is 45.4 Å². The minimum absolute atomic E-state index is 0.549. The second-order valence-electron chi connectivity index (χ2n) is 4.04. The fraction of sp³-hybridized carbons (Fsp3) is 0.615. The molecule has 0 spiro atoms. The first-order valence-electron chi connectivity index (χ1n) is 6.19. The molecule has 16 heavy (non-hydrogen) atoms. The highest BCUT2D eigenvalue weighted by Crippen LogP contribution is 2.10. The van der Waals surface area contributed by atoms with Gasteiger partial charge in [0.2, 0.25) is 0 Å². The molecule has 1 aromatic heterocycles. The van der Waals surface area contributed by atoms with Crippen molar-refractivity contribution in [3.8, 4) is 0 Å². The molecule has 1 rings (SSSR count). The van der Waals surface area contributed by atoms with Crippen LogP contribution in [0.4, 0.5) is 5.82 Å². The maximum absolute atomic E-state index is 5.79. The largest absolute Gasteiger partial charge is 0.370 e. The molecular formula is C13H21ClN2. The number of unbranched alkanes of at least 4 members (excludes halogenated alkanes) is 5. The van der Waals surface area contributed by atoms with E-state index < -0.39 is 0 Å². The van der Waals surface area contributed by atoms with Gasteiger partial charge in [-0.2, -0.15) is 0 Å². The van der Waals surface area contributed by atoms with E-state index in [1.54, 1.807) is 6.07 Å². The average molecular weight is 241 g/mol. The summed E-state index contributed by atoms with van der Waals surface area (Å²) >= 11 is 5.79. The van der Waals surface area contributed by atoms with Crippen molar-refractivity contribution < 1.29 is 0 Å². The van der Waals surface area contributed by atoms with Crippen LogP contribution in [0.15, 0.2) is 18.2 Å². The lowest BCUT2D eigenvalue weighted by molar-refractivity contribution is 0.617. The zero-order valence-electron chi connectivity index (χ0n) is 10.0. The molecule has 0 aliphatic carbocycles. The van der Waals surface area contributed by atoms with Gasteiger partial charge in [-0.25, -0.2) is 4.98 Å². The van der Waals surface area contributed by atoms with Gasteiger partial charge in [0.05, 0.1) is 0 Å². The number of nitrogens with zero attached hydrogens (tertiary/aromatic N) is 1. The Kier molecular flexibility index (Phi) is 6.98. The number of pyridine rings is 1. The maximum atomic E-state index is 5.79. The molecule has 0 unspecified atom stereocenters. The van der Waals surface area contributed by atoms with Crippen molar-refractivity contribution >= 4 is 17.4 Å². The smallest absolute Gasteiger partial charge is 0.131 e. The summed E-state index contributed by atoms with van der Waals surface area (Å²) in [4.78, 5) is 4.17. The number of rotatable bonds is 8. The minimum atomic E-state index is 0.549. The second-order valence-corrected chi connectivity index (χ2v) is 4.43. The molecule has 1 heterocycles. The Labute approximate surface area is 103 Å². The summed E-state index contributed by atoms with van der Waals surface area (Å²) in [5.74, 6) is 0.876. The van der Waals surface area contributed by atoms with Crippen LogP contribution in [0.2, 0.25) is 5.15 Å². The molecule has 0 radical (unpaired) electrons. The van der Waals surface area contributed by atoms with Crippen molar-refractivity contribution in [1.29, 1.82) is 0 Å². The number of nitrogens with one attached hydrogen (secondary N) is 1. The standard InChI is InChI=1S/C13H21ClN2/c1-2-3-4-5-6-7-11-15-13-10-8-9-12(14)16-13/h8-10H,2-7,11H2,1H3,(H,15,16). The third kappa shape index (κ3) is 5.96. The van der Waals surface area contributed by atoms with Gasteiger partial charge in [0.25, 0.3) is 0 Å². The van der Waals surface area contributed by atoms with Gasteiger partial charge in [-0.05, 0) is 18.6 Å². The Morgan fingerprint density at radius 3 is 2.62 bits per heavy atom. The van der Waals surface area contributed by atoms with Crippen molar-refractivity contribution in [2.75, 3.05) is 11.9 Å². The van der Waals surface area contributed by atoms with Crippen LogP contribution in [-0.2, 0) is 0 Å². The van der Waals surface area contributed by atoms with Gasteiger partial charge >= 0.3 is 0 Å². The molecule has 0 atom stereocenters. The molecular weight excluding hydrogens is 220 g/mol. The van der Waals surface area contributed by atoms with Gasteiger partial charge in [0.1, 0.15) is 11.0 Å². The van der Waals surface area contributed by atoms with E-state index in [2.05, 4.69) is 17.2 Å². The van der Waals surface area contributed by atoms with Crippen molar-refractivity contribution in [2.24, 2.45) is 0 Å². The van der Waals surface area contributed by atoms with E-state index in [4.69, 9.17) is 11.6 Å². The quantitative estimate of drug-likeness (QED) is 0.534. The third-order valence-corrected chi connectivity index (χ3v) is 2.76. The molecule has 0 saturated carbocycles. The van der Waals surface area contributed by atoms with Gasteiger partial charge in [0, 0.05) is 6.54 Å². The van der Waals surface area contributed by atoms with Crippen molar-refractivity contribution in [2.45, 2.75) is 45.4 Å². The molecule has 0 saturated heterocycles. The molecule has 1 N–H and O–H groups in total. The average Bonchev–Trinajstić information content (AvgIpc) is 2.28. The zero-order valence-corrected chi connectivity index (χ0v) is 10.8. The number of halogens is 1. The Bertz CT molecular complexity index is 289. The van der Waals surface area contributed by atoms with Crippen LogP contribution in [-0.4, -0.2) is 11.5 Å². The first kappa shape index (κ1) is 13.3. The molecule has 2 nitrogen and oxygen atoms in total. The van der Waals surface area contributed by atoms with E-state index in [1.165, 1.54) is 38.5 Å². The Hall–Kier alpha value is -0.760.